The zero-order chi connectivity index (χ0) is 19.8. The summed E-state index contributed by atoms with van der Waals surface area (Å²) in [5.74, 6) is 1.50. The molecule has 6 heteroatoms. The summed E-state index contributed by atoms with van der Waals surface area (Å²) in [6.45, 7) is 1.34. The average Bonchev–Trinajstić information content (AvgIpc) is 3.31. The van der Waals surface area contributed by atoms with Gasteiger partial charge >= 0.3 is 0 Å². The van der Waals surface area contributed by atoms with Crippen LogP contribution in [0.5, 0.6) is 11.5 Å². The summed E-state index contributed by atoms with van der Waals surface area (Å²) < 4.78 is 16.6. The fourth-order valence-electron chi connectivity index (χ4n) is 3.74. The molecule has 0 aliphatic carbocycles. The minimum absolute atomic E-state index is 0.0320. The van der Waals surface area contributed by atoms with Crippen LogP contribution in [-0.4, -0.2) is 26.3 Å². The molecule has 5 rings (SSSR count). The topological polar surface area (TPSA) is 65.1 Å². The van der Waals surface area contributed by atoms with Crippen LogP contribution in [0.4, 0.5) is 5.69 Å². The molecule has 3 aromatic carbocycles. The van der Waals surface area contributed by atoms with Crippen LogP contribution >= 0.6 is 0 Å². The number of para-hydroxylation sites is 1. The highest BCUT2D eigenvalue weighted by Crippen LogP contribution is 2.32. The monoisotopic (exact) mass is 389 g/mol. The number of ether oxygens (including phenoxy) is 2. The molecule has 6 nitrogen and oxygen atoms in total. The Bertz CT molecular complexity index is 1210. The maximum absolute atomic E-state index is 12.5. The molecule has 4 aromatic rings. The van der Waals surface area contributed by atoms with Crippen molar-refractivity contribution in [2.45, 2.75) is 6.54 Å². The molecule has 1 aliphatic rings. The Hall–Kier alpha value is -3.51. The largest absolute Gasteiger partial charge is 0.456 e. The predicted molar refractivity (Wildman–Crippen MR) is 110 cm³/mol. The molecule has 0 saturated heterocycles. The van der Waals surface area contributed by atoms with Crippen molar-refractivity contribution in [2.75, 3.05) is 25.7 Å². The molecule has 2 N–H and O–H groups in total. The molecule has 2 heterocycles. The van der Waals surface area contributed by atoms with Crippen LogP contribution in [0.2, 0.25) is 0 Å². The minimum atomic E-state index is -0.0320. The number of quaternary nitrogens is 1. The van der Waals surface area contributed by atoms with E-state index >= 15 is 0 Å². The molecule has 0 saturated carbocycles. The molecule has 1 atom stereocenters. The van der Waals surface area contributed by atoms with Crippen molar-refractivity contribution in [3.8, 4) is 11.5 Å². The maximum Gasteiger partial charge on any atom is 0.279 e. The van der Waals surface area contributed by atoms with Crippen LogP contribution < -0.4 is 19.7 Å². The predicted octanol–water partition coefficient (Wildman–Crippen LogP) is 2.97. The van der Waals surface area contributed by atoms with E-state index in [1.54, 1.807) is 0 Å². The van der Waals surface area contributed by atoms with E-state index < -0.39 is 0 Å². The van der Waals surface area contributed by atoms with E-state index in [4.69, 9.17) is 13.9 Å². The number of fused-ring (bicyclic) bond motifs is 4. The second-order valence-corrected chi connectivity index (χ2v) is 7.36. The lowest BCUT2D eigenvalue weighted by Gasteiger charge is -2.14. The number of likely N-dealkylation sites (N-methyl/N-ethyl adjacent to an activating group) is 1. The van der Waals surface area contributed by atoms with Crippen LogP contribution in [0.25, 0.3) is 21.9 Å². The van der Waals surface area contributed by atoms with Gasteiger partial charge in [-0.05, 0) is 42.5 Å². The van der Waals surface area contributed by atoms with Gasteiger partial charge in [0.2, 0.25) is 6.79 Å². The van der Waals surface area contributed by atoms with Crippen molar-refractivity contribution in [2.24, 2.45) is 0 Å². The van der Waals surface area contributed by atoms with Gasteiger partial charge in [-0.1, -0.05) is 18.2 Å². The Labute approximate surface area is 167 Å². The number of anilines is 1. The molecular weight excluding hydrogens is 368 g/mol. The first-order valence-electron chi connectivity index (χ1n) is 9.57. The molecule has 146 valence electrons. The van der Waals surface area contributed by atoms with Gasteiger partial charge < -0.3 is 24.1 Å². The molecule has 0 fully saturated rings. The normalized spacial score (nSPS) is 13.7. The van der Waals surface area contributed by atoms with E-state index in [-0.39, 0.29) is 12.7 Å². The first-order chi connectivity index (χ1) is 14.2. The lowest BCUT2D eigenvalue weighted by Crippen LogP contribution is -3.08. The van der Waals surface area contributed by atoms with Gasteiger partial charge in [0, 0.05) is 22.0 Å². The second-order valence-electron chi connectivity index (χ2n) is 7.36. The summed E-state index contributed by atoms with van der Waals surface area (Å²) in [7, 11) is 2.00. The lowest BCUT2D eigenvalue weighted by atomic mass is 10.1. The number of furan rings is 1. The van der Waals surface area contributed by atoms with Crippen LogP contribution in [0.3, 0.4) is 0 Å². The number of hydrogen-bond acceptors (Lipinski definition) is 4. The zero-order valence-electron chi connectivity index (χ0n) is 16.0. The summed E-state index contributed by atoms with van der Waals surface area (Å²) in [6.07, 6.45) is 0. The van der Waals surface area contributed by atoms with Gasteiger partial charge in [0.1, 0.15) is 17.7 Å². The SMILES string of the molecule is C[NH+](CC(=O)Nc1ccc2oc3ccccc3c2c1)Cc1ccc2c(c1)OCO2. The Morgan fingerprint density at radius 3 is 2.72 bits per heavy atom. The van der Waals surface area contributed by atoms with E-state index in [0.717, 1.165) is 56.1 Å². The highest BCUT2D eigenvalue weighted by atomic mass is 16.7. The smallest absolute Gasteiger partial charge is 0.279 e. The third-order valence-corrected chi connectivity index (χ3v) is 5.07. The number of benzene rings is 3. The van der Waals surface area contributed by atoms with Gasteiger partial charge in [0.05, 0.1) is 7.05 Å². The fraction of sp³-hybridized carbons (Fsp3) is 0.174. The Morgan fingerprint density at radius 2 is 1.79 bits per heavy atom. The van der Waals surface area contributed by atoms with E-state index in [0.29, 0.717) is 6.54 Å². The van der Waals surface area contributed by atoms with Crippen molar-refractivity contribution in [1.29, 1.82) is 0 Å². The van der Waals surface area contributed by atoms with Gasteiger partial charge in [-0.15, -0.1) is 0 Å². The summed E-state index contributed by atoms with van der Waals surface area (Å²) in [6, 6.07) is 19.5. The van der Waals surface area contributed by atoms with Gasteiger partial charge in [0.25, 0.3) is 5.91 Å². The highest BCUT2D eigenvalue weighted by molar-refractivity contribution is 6.06. The van der Waals surface area contributed by atoms with Crippen LogP contribution in [0, 0.1) is 0 Å². The first-order valence-corrected chi connectivity index (χ1v) is 9.57. The molecule has 0 spiro atoms. The van der Waals surface area contributed by atoms with Crippen molar-refractivity contribution < 1.29 is 23.6 Å². The standard InChI is InChI=1S/C23H20N2O4/c1-25(12-15-6-8-21-22(10-15)28-14-27-21)13-23(26)24-16-7-9-20-18(11-16)17-4-2-3-5-19(17)29-20/h2-11H,12-14H2,1H3,(H,24,26)/p+1. The number of amides is 1. The van der Waals surface area contributed by atoms with E-state index in [1.807, 2.05) is 67.7 Å². The van der Waals surface area contributed by atoms with Gasteiger partial charge in [0.15, 0.2) is 18.0 Å². The molecule has 1 unspecified atom stereocenters. The van der Waals surface area contributed by atoms with Crippen LogP contribution in [-0.2, 0) is 11.3 Å². The van der Waals surface area contributed by atoms with Crippen LogP contribution in [0.1, 0.15) is 5.56 Å². The van der Waals surface area contributed by atoms with E-state index in [2.05, 4.69) is 5.32 Å². The number of carbonyl (C=O) groups excluding carboxylic acids is 1. The van der Waals surface area contributed by atoms with Crippen molar-refractivity contribution in [3.63, 3.8) is 0 Å². The molecule has 0 radical (unpaired) electrons. The maximum atomic E-state index is 12.5. The van der Waals surface area contributed by atoms with Gasteiger partial charge in [-0.25, -0.2) is 0 Å². The first kappa shape index (κ1) is 17.6. The third-order valence-electron chi connectivity index (χ3n) is 5.07. The Morgan fingerprint density at radius 1 is 0.966 bits per heavy atom. The van der Waals surface area contributed by atoms with E-state index in [9.17, 15) is 4.79 Å². The van der Waals surface area contributed by atoms with Crippen molar-refractivity contribution in [3.05, 3.63) is 66.2 Å². The van der Waals surface area contributed by atoms with Gasteiger partial charge in [-0.2, -0.15) is 0 Å². The minimum Gasteiger partial charge on any atom is -0.456 e. The summed E-state index contributed by atoms with van der Waals surface area (Å²) in [5.41, 5.74) is 3.53. The second kappa shape index (κ2) is 7.14. The average molecular weight is 389 g/mol. The summed E-state index contributed by atoms with van der Waals surface area (Å²) in [5, 5.41) is 5.05. The molecule has 29 heavy (non-hydrogen) atoms. The molecule has 1 amide bonds. The van der Waals surface area contributed by atoms with Crippen molar-refractivity contribution in [1.82, 2.24) is 0 Å². The Balaban J connectivity index is 1.26. The zero-order valence-corrected chi connectivity index (χ0v) is 16.0. The number of hydrogen-bond donors (Lipinski definition) is 2. The molecule has 1 aliphatic heterocycles. The number of rotatable bonds is 5. The van der Waals surface area contributed by atoms with Crippen molar-refractivity contribution >= 4 is 33.5 Å². The molecular formula is C23H21N2O4+. The Kier molecular flexibility index (Phi) is 4.33. The fourth-order valence-corrected chi connectivity index (χ4v) is 3.74. The quantitative estimate of drug-likeness (QED) is 0.551. The highest BCUT2D eigenvalue weighted by Gasteiger charge is 2.16. The van der Waals surface area contributed by atoms with Crippen LogP contribution in [0.15, 0.2) is 65.1 Å². The van der Waals surface area contributed by atoms with E-state index in [1.165, 1.54) is 0 Å². The molecule has 0 bridgehead atoms. The number of nitrogens with one attached hydrogen (secondary N) is 2. The third kappa shape index (κ3) is 3.50. The number of carbonyl (C=O) groups is 1. The summed E-state index contributed by atoms with van der Waals surface area (Å²) >= 11 is 0. The lowest BCUT2D eigenvalue weighted by molar-refractivity contribution is -0.885. The molecule has 1 aromatic heterocycles. The van der Waals surface area contributed by atoms with Gasteiger partial charge in [-0.3, -0.25) is 4.79 Å². The summed E-state index contributed by atoms with van der Waals surface area (Å²) in [4.78, 5) is 13.6.